The van der Waals surface area contributed by atoms with Gasteiger partial charge in [0.1, 0.15) is 5.75 Å². The van der Waals surface area contributed by atoms with E-state index in [1.807, 2.05) is 0 Å². The largest absolute Gasteiger partial charge is 0.482 e. The molecule has 1 amide bonds. The zero-order valence-electron chi connectivity index (χ0n) is 13.1. The van der Waals surface area contributed by atoms with Crippen LogP contribution in [0.25, 0.3) is 10.9 Å². The lowest BCUT2D eigenvalue weighted by molar-refractivity contribution is -0.118. The molecule has 7 nitrogen and oxygen atoms in total. The molecule has 0 bridgehead atoms. The smallest absolute Gasteiger partial charge is 0.262 e. The molecule has 0 atom stereocenters. The van der Waals surface area contributed by atoms with Crippen LogP contribution in [-0.2, 0) is 11.3 Å². The highest BCUT2D eigenvalue weighted by Gasteiger charge is 2.18. The minimum Gasteiger partial charge on any atom is -0.482 e. The van der Waals surface area contributed by atoms with E-state index >= 15 is 0 Å². The summed E-state index contributed by atoms with van der Waals surface area (Å²) >= 11 is 0. The molecule has 0 radical (unpaired) electrons. The zero-order chi connectivity index (χ0) is 17.4. The van der Waals surface area contributed by atoms with E-state index in [4.69, 9.17) is 4.74 Å². The van der Waals surface area contributed by atoms with E-state index < -0.39 is 0 Å². The van der Waals surface area contributed by atoms with Gasteiger partial charge in [-0.15, -0.1) is 0 Å². The Morgan fingerprint density at radius 2 is 2.04 bits per heavy atom. The van der Waals surface area contributed by atoms with Crippen molar-refractivity contribution in [2.45, 2.75) is 6.54 Å². The van der Waals surface area contributed by atoms with E-state index in [9.17, 15) is 14.4 Å². The maximum absolute atomic E-state index is 12.5. The van der Waals surface area contributed by atoms with Gasteiger partial charge >= 0.3 is 0 Å². The number of amides is 1. The molecule has 3 aromatic rings. The van der Waals surface area contributed by atoms with Crippen molar-refractivity contribution in [1.29, 1.82) is 0 Å². The van der Waals surface area contributed by atoms with Crippen LogP contribution in [0.1, 0.15) is 10.4 Å². The first-order chi connectivity index (χ1) is 12.1. The topological polar surface area (TPSA) is 90.3 Å². The molecule has 4 rings (SSSR count). The van der Waals surface area contributed by atoms with E-state index in [1.165, 1.54) is 10.9 Å². The number of Topliss-reactive ketones (excluding diaryl/α,β-unsaturated/α-hetero) is 1. The molecule has 0 saturated carbocycles. The van der Waals surface area contributed by atoms with E-state index in [0.717, 1.165) is 0 Å². The van der Waals surface area contributed by atoms with Crippen LogP contribution in [0.5, 0.6) is 5.75 Å². The fourth-order valence-corrected chi connectivity index (χ4v) is 2.72. The van der Waals surface area contributed by atoms with Crippen molar-refractivity contribution in [3.8, 4) is 5.75 Å². The third-order valence-electron chi connectivity index (χ3n) is 3.98. The summed E-state index contributed by atoms with van der Waals surface area (Å²) in [5.41, 5.74) is 1.15. The Kier molecular flexibility index (Phi) is 3.53. The molecule has 0 fully saturated rings. The minimum atomic E-state index is -0.271. The second-order valence-corrected chi connectivity index (χ2v) is 5.67. The van der Waals surface area contributed by atoms with Gasteiger partial charge < -0.3 is 10.1 Å². The molecule has 2 heterocycles. The highest BCUT2D eigenvalue weighted by Crippen LogP contribution is 2.28. The number of aromatic nitrogens is 2. The van der Waals surface area contributed by atoms with Crippen molar-refractivity contribution >= 4 is 28.3 Å². The molecule has 1 aliphatic rings. The monoisotopic (exact) mass is 335 g/mol. The Hall–Kier alpha value is -3.48. The molecule has 7 heteroatoms. The number of anilines is 1. The second-order valence-electron chi connectivity index (χ2n) is 5.67. The third kappa shape index (κ3) is 2.76. The average molecular weight is 335 g/mol. The van der Waals surface area contributed by atoms with Crippen molar-refractivity contribution in [2.24, 2.45) is 0 Å². The molecule has 0 spiro atoms. The summed E-state index contributed by atoms with van der Waals surface area (Å²) in [5.74, 6) is -0.0189. The summed E-state index contributed by atoms with van der Waals surface area (Å²) < 4.78 is 6.54. The summed E-state index contributed by atoms with van der Waals surface area (Å²) in [6, 6.07) is 11.8. The first-order valence-electron chi connectivity index (χ1n) is 7.66. The fraction of sp³-hybridized carbons (Fsp3) is 0.111. The number of nitrogens with zero attached hydrogens (tertiary/aromatic N) is 2. The van der Waals surface area contributed by atoms with Crippen molar-refractivity contribution < 1.29 is 14.3 Å². The van der Waals surface area contributed by atoms with E-state index in [2.05, 4.69) is 10.3 Å². The van der Waals surface area contributed by atoms with Crippen LogP contribution in [0.15, 0.2) is 53.6 Å². The zero-order valence-corrected chi connectivity index (χ0v) is 13.1. The van der Waals surface area contributed by atoms with E-state index in [-0.39, 0.29) is 30.4 Å². The van der Waals surface area contributed by atoms with Gasteiger partial charge in [-0.25, -0.2) is 4.98 Å². The molecular weight excluding hydrogens is 322 g/mol. The van der Waals surface area contributed by atoms with Gasteiger partial charge in [-0.05, 0) is 30.3 Å². The lowest BCUT2D eigenvalue weighted by atomic mass is 10.1. The SMILES string of the molecule is O=C1COc2ccc(C(=O)Cn3cnc4ccccc4c3=O)cc2N1. The number of ketones is 1. The Bertz CT molecular complexity index is 1070. The number of benzene rings is 2. The molecule has 1 aliphatic heterocycles. The highest BCUT2D eigenvalue weighted by atomic mass is 16.5. The summed E-state index contributed by atoms with van der Waals surface area (Å²) in [6.07, 6.45) is 1.37. The average Bonchev–Trinajstić information content (AvgIpc) is 2.63. The number of hydrogen-bond acceptors (Lipinski definition) is 5. The number of carbonyl (C=O) groups is 2. The van der Waals surface area contributed by atoms with Gasteiger partial charge in [0.05, 0.1) is 29.5 Å². The van der Waals surface area contributed by atoms with Crippen molar-refractivity contribution in [3.05, 3.63) is 64.7 Å². The lowest BCUT2D eigenvalue weighted by Gasteiger charge is -2.18. The minimum absolute atomic E-state index is 0.0432. The van der Waals surface area contributed by atoms with Gasteiger partial charge in [-0.1, -0.05) is 12.1 Å². The fourth-order valence-electron chi connectivity index (χ4n) is 2.72. The predicted molar refractivity (Wildman–Crippen MR) is 90.9 cm³/mol. The van der Waals surface area contributed by atoms with Crippen molar-refractivity contribution in [3.63, 3.8) is 0 Å². The van der Waals surface area contributed by atoms with Crippen molar-refractivity contribution in [2.75, 3.05) is 11.9 Å². The second kappa shape index (κ2) is 5.86. The van der Waals surface area contributed by atoms with Crippen LogP contribution in [0.3, 0.4) is 0 Å². The van der Waals surface area contributed by atoms with Crippen LogP contribution in [0.4, 0.5) is 5.69 Å². The summed E-state index contributed by atoms with van der Waals surface area (Å²) in [5, 5.41) is 3.12. The van der Waals surface area contributed by atoms with E-state index in [0.29, 0.717) is 27.9 Å². The van der Waals surface area contributed by atoms with Crippen molar-refractivity contribution in [1.82, 2.24) is 9.55 Å². The van der Waals surface area contributed by atoms with Crippen LogP contribution in [0.2, 0.25) is 0 Å². The Morgan fingerprint density at radius 1 is 1.20 bits per heavy atom. The van der Waals surface area contributed by atoms with Crippen LogP contribution in [0, 0.1) is 0 Å². The quantitative estimate of drug-likeness (QED) is 0.735. The van der Waals surface area contributed by atoms with Crippen LogP contribution in [-0.4, -0.2) is 27.8 Å². The first kappa shape index (κ1) is 15.1. The highest BCUT2D eigenvalue weighted by molar-refractivity contribution is 6.00. The molecule has 124 valence electrons. The molecule has 1 N–H and O–H groups in total. The Balaban J connectivity index is 1.64. The number of para-hydroxylation sites is 1. The summed E-state index contributed by atoms with van der Waals surface area (Å²) in [4.78, 5) is 40.6. The normalized spacial score (nSPS) is 13.0. The number of ether oxygens (including phenoxy) is 1. The summed E-state index contributed by atoms with van der Waals surface area (Å²) in [7, 11) is 0. The number of rotatable bonds is 3. The molecule has 0 unspecified atom stereocenters. The van der Waals surface area contributed by atoms with E-state index in [1.54, 1.807) is 42.5 Å². The Morgan fingerprint density at radius 3 is 2.92 bits per heavy atom. The third-order valence-corrected chi connectivity index (χ3v) is 3.98. The lowest BCUT2D eigenvalue weighted by Crippen LogP contribution is -2.26. The predicted octanol–water partition coefficient (Wildman–Crippen LogP) is 1.61. The number of hydrogen-bond donors (Lipinski definition) is 1. The maximum Gasteiger partial charge on any atom is 0.262 e. The number of fused-ring (bicyclic) bond motifs is 2. The molecule has 0 aliphatic carbocycles. The summed E-state index contributed by atoms with van der Waals surface area (Å²) in [6.45, 7) is -0.178. The van der Waals surface area contributed by atoms with Gasteiger partial charge in [-0.3, -0.25) is 19.0 Å². The molecule has 2 aromatic carbocycles. The standard InChI is InChI=1S/C18H13N3O4/c22-15(11-5-6-16-14(7-11)20-17(23)9-25-16)8-21-10-19-13-4-2-1-3-12(13)18(21)24/h1-7,10H,8-9H2,(H,20,23). The van der Waals surface area contributed by atoms with Crippen LogP contribution < -0.4 is 15.6 Å². The number of carbonyl (C=O) groups excluding carboxylic acids is 2. The van der Waals surface area contributed by atoms with Gasteiger partial charge in [0.25, 0.3) is 11.5 Å². The molecule has 25 heavy (non-hydrogen) atoms. The van der Waals surface area contributed by atoms with Gasteiger partial charge in [0.15, 0.2) is 12.4 Å². The van der Waals surface area contributed by atoms with Crippen LogP contribution >= 0.6 is 0 Å². The maximum atomic E-state index is 12.5. The number of nitrogens with one attached hydrogen (secondary N) is 1. The van der Waals surface area contributed by atoms with Gasteiger partial charge in [-0.2, -0.15) is 0 Å². The Labute approximate surface area is 141 Å². The molecule has 0 saturated heterocycles. The first-order valence-corrected chi connectivity index (χ1v) is 7.66. The van der Waals surface area contributed by atoms with Gasteiger partial charge in [0, 0.05) is 5.56 Å². The van der Waals surface area contributed by atoms with Gasteiger partial charge in [0.2, 0.25) is 0 Å². The molecular formula is C18H13N3O4. The molecule has 1 aromatic heterocycles.